The molecule has 0 fully saturated rings. The van der Waals surface area contributed by atoms with Crippen molar-refractivity contribution in [3.63, 3.8) is 0 Å². The predicted molar refractivity (Wildman–Crippen MR) is 65.4 cm³/mol. The highest BCUT2D eigenvalue weighted by atomic mass is 79.9. The van der Waals surface area contributed by atoms with Crippen LogP contribution in [0.4, 0.5) is 0 Å². The largest absolute Gasteiger partial charge is 0.391 e. The zero-order valence-electron chi connectivity index (χ0n) is 8.43. The maximum Gasteiger partial charge on any atom is 0.174 e. The molecule has 16 heavy (non-hydrogen) atoms. The Bertz CT molecular complexity index is 522. The number of halogens is 1. The number of aliphatic hydroxyl groups is 1. The third-order valence-electron chi connectivity index (χ3n) is 2.72. The molecule has 0 spiro atoms. The van der Waals surface area contributed by atoms with Crippen LogP contribution >= 0.6 is 27.3 Å². The Morgan fingerprint density at radius 1 is 1.44 bits per heavy atom. The molecule has 1 unspecified atom stereocenters. The monoisotopic (exact) mass is 299 g/mol. The first kappa shape index (κ1) is 10.4. The first-order valence-corrected chi connectivity index (χ1v) is 6.71. The van der Waals surface area contributed by atoms with Crippen LogP contribution in [-0.4, -0.2) is 26.0 Å². The number of hydrogen-bond donors (Lipinski definition) is 1. The molecule has 0 radical (unpaired) electrons. The molecular weight excluding hydrogens is 290 g/mol. The fraction of sp³-hybridized carbons (Fsp3) is 0.400. The number of nitrogens with zero attached hydrogens (tertiary/aromatic N) is 3. The van der Waals surface area contributed by atoms with Crippen molar-refractivity contribution in [3.05, 3.63) is 21.7 Å². The summed E-state index contributed by atoms with van der Waals surface area (Å²) in [5, 5.41) is 18.0. The molecule has 3 heterocycles. The van der Waals surface area contributed by atoms with Crippen LogP contribution in [0.1, 0.15) is 12.2 Å². The summed E-state index contributed by atoms with van der Waals surface area (Å²) >= 11 is 5.07. The van der Waals surface area contributed by atoms with Gasteiger partial charge in [-0.05, 0) is 34.5 Å². The van der Waals surface area contributed by atoms with Gasteiger partial charge in [0, 0.05) is 6.42 Å². The molecule has 2 aromatic heterocycles. The summed E-state index contributed by atoms with van der Waals surface area (Å²) in [4.78, 5) is 1.08. The van der Waals surface area contributed by atoms with E-state index < -0.39 is 0 Å². The van der Waals surface area contributed by atoms with Crippen LogP contribution in [0, 0.1) is 0 Å². The van der Waals surface area contributed by atoms with Crippen LogP contribution in [0.3, 0.4) is 0 Å². The van der Waals surface area contributed by atoms with Gasteiger partial charge in [-0.2, -0.15) is 0 Å². The summed E-state index contributed by atoms with van der Waals surface area (Å²) < 4.78 is 3.10. The third-order valence-corrected chi connectivity index (χ3v) is 4.34. The van der Waals surface area contributed by atoms with Gasteiger partial charge in [-0.15, -0.1) is 21.5 Å². The Balaban J connectivity index is 2.06. The summed E-state index contributed by atoms with van der Waals surface area (Å²) in [6.45, 7) is 0.604. The van der Waals surface area contributed by atoms with Crippen LogP contribution < -0.4 is 0 Å². The SMILES string of the molecule is OC1CCc2nnc(-c3ccc(Br)s3)n2C1. The molecule has 1 N–H and O–H groups in total. The van der Waals surface area contributed by atoms with Gasteiger partial charge in [-0.25, -0.2) is 0 Å². The van der Waals surface area contributed by atoms with Crippen molar-refractivity contribution in [1.82, 2.24) is 14.8 Å². The standard InChI is InChI=1S/C10H10BrN3OS/c11-8-3-2-7(16-8)10-13-12-9-4-1-6(15)5-14(9)10/h2-3,6,15H,1,4-5H2. The Hall–Kier alpha value is -0.720. The molecule has 1 atom stereocenters. The van der Waals surface area contributed by atoms with E-state index in [0.717, 1.165) is 33.2 Å². The number of rotatable bonds is 1. The van der Waals surface area contributed by atoms with Crippen LogP contribution in [0.2, 0.25) is 0 Å². The van der Waals surface area contributed by atoms with Crippen LogP contribution in [0.25, 0.3) is 10.7 Å². The number of aliphatic hydroxyl groups excluding tert-OH is 1. The van der Waals surface area contributed by atoms with Crippen molar-refractivity contribution in [2.24, 2.45) is 0 Å². The van der Waals surface area contributed by atoms with Gasteiger partial charge in [0.15, 0.2) is 5.82 Å². The molecule has 2 aromatic rings. The molecule has 3 rings (SSSR count). The summed E-state index contributed by atoms with van der Waals surface area (Å²) in [5.41, 5.74) is 0. The average molecular weight is 300 g/mol. The number of aromatic nitrogens is 3. The molecule has 0 aliphatic carbocycles. The lowest BCUT2D eigenvalue weighted by atomic mass is 10.1. The van der Waals surface area contributed by atoms with E-state index >= 15 is 0 Å². The number of aryl methyl sites for hydroxylation is 1. The Kier molecular flexibility index (Phi) is 2.57. The molecule has 0 amide bonds. The predicted octanol–water partition coefficient (Wildman–Crippen LogP) is 2.08. The Labute approximate surface area is 105 Å². The van der Waals surface area contributed by atoms with E-state index in [9.17, 15) is 5.11 Å². The second-order valence-electron chi connectivity index (χ2n) is 3.85. The smallest absolute Gasteiger partial charge is 0.174 e. The zero-order chi connectivity index (χ0) is 11.1. The average Bonchev–Trinajstić information content (AvgIpc) is 2.83. The minimum Gasteiger partial charge on any atom is -0.391 e. The van der Waals surface area contributed by atoms with E-state index in [1.54, 1.807) is 11.3 Å². The molecule has 0 saturated heterocycles. The third kappa shape index (κ3) is 1.70. The van der Waals surface area contributed by atoms with Crippen molar-refractivity contribution in [1.29, 1.82) is 0 Å². The van der Waals surface area contributed by atoms with Crippen molar-refractivity contribution >= 4 is 27.3 Å². The van der Waals surface area contributed by atoms with Gasteiger partial charge in [0.2, 0.25) is 0 Å². The minimum absolute atomic E-state index is 0.273. The molecule has 4 nitrogen and oxygen atoms in total. The molecule has 0 saturated carbocycles. The summed E-state index contributed by atoms with van der Waals surface area (Å²) in [7, 11) is 0. The highest BCUT2D eigenvalue weighted by molar-refractivity contribution is 9.11. The van der Waals surface area contributed by atoms with Gasteiger partial charge in [-0.1, -0.05) is 0 Å². The fourth-order valence-electron chi connectivity index (χ4n) is 1.93. The first-order chi connectivity index (χ1) is 7.74. The molecule has 1 aliphatic heterocycles. The first-order valence-electron chi connectivity index (χ1n) is 5.10. The Morgan fingerprint density at radius 2 is 2.31 bits per heavy atom. The second-order valence-corrected chi connectivity index (χ2v) is 6.31. The number of fused-ring (bicyclic) bond motifs is 1. The van der Waals surface area contributed by atoms with E-state index in [-0.39, 0.29) is 6.10 Å². The molecule has 6 heteroatoms. The normalized spacial score (nSPS) is 19.8. The highest BCUT2D eigenvalue weighted by Gasteiger charge is 2.22. The van der Waals surface area contributed by atoms with E-state index in [1.807, 2.05) is 16.7 Å². The summed E-state index contributed by atoms with van der Waals surface area (Å²) in [6.07, 6.45) is 1.32. The van der Waals surface area contributed by atoms with Crippen molar-refractivity contribution in [3.8, 4) is 10.7 Å². The number of thiophene rings is 1. The lowest BCUT2D eigenvalue weighted by Crippen LogP contribution is -2.24. The molecule has 1 aliphatic rings. The van der Waals surface area contributed by atoms with Gasteiger partial charge < -0.3 is 9.67 Å². The van der Waals surface area contributed by atoms with Gasteiger partial charge in [0.1, 0.15) is 5.82 Å². The summed E-state index contributed by atoms with van der Waals surface area (Å²) in [6, 6.07) is 4.02. The maximum absolute atomic E-state index is 9.67. The van der Waals surface area contributed by atoms with E-state index in [4.69, 9.17) is 0 Å². The maximum atomic E-state index is 9.67. The van der Waals surface area contributed by atoms with Gasteiger partial charge in [-0.3, -0.25) is 0 Å². The van der Waals surface area contributed by atoms with Crippen molar-refractivity contribution in [2.75, 3.05) is 0 Å². The lowest BCUT2D eigenvalue weighted by molar-refractivity contribution is 0.131. The molecule has 0 bridgehead atoms. The van der Waals surface area contributed by atoms with E-state index in [0.29, 0.717) is 6.54 Å². The van der Waals surface area contributed by atoms with E-state index in [2.05, 4.69) is 26.1 Å². The zero-order valence-corrected chi connectivity index (χ0v) is 10.8. The van der Waals surface area contributed by atoms with Gasteiger partial charge >= 0.3 is 0 Å². The van der Waals surface area contributed by atoms with Crippen LogP contribution in [-0.2, 0) is 13.0 Å². The Morgan fingerprint density at radius 3 is 3.06 bits per heavy atom. The highest BCUT2D eigenvalue weighted by Crippen LogP contribution is 2.31. The molecular formula is C10H10BrN3OS. The van der Waals surface area contributed by atoms with Crippen LogP contribution in [0.5, 0.6) is 0 Å². The lowest BCUT2D eigenvalue weighted by Gasteiger charge is -2.19. The van der Waals surface area contributed by atoms with Crippen molar-refractivity contribution < 1.29 is 5.11 Å². The summed E-state index contributed by atoms with van der Waals surface area (Å²) in [5.74, 6) is 1.84. The van der Waals surface area contributed by atoms with Gasteiger partial charge in [0.25, 0.3) is 0 Å². The van der Waals surface area contributed by atoms with E-state index in [1.165, 1.54) is 0 Å². The van der Waals surface area contributed by atoms with Crippen LogP contribution in [0.15, 0.2) is 15.9 Å². The molecule has 84 valence electrons. The molecule has 0 aromatic carbocycles. The fourth-order valence-corrected chi connectivity index (χ4v) is 3.31. The minimum atomic E-state index is -0.273. The topological polar surface area (TPSA) is 50.9 Å². The second kappa shape index (κ2) is 3.94. The quantitative estimate of drug-likeness (QED) is 0.877. The van der Waals surface area contributed by atoms with Gasteiger partial charge in [0.05, 0.1) is 21.3 Å². The number of hydrogen-bond acceptors (Lipinski definition) is 4. The van der Waals surface area contributed by atoms with Crippen molar-refractivity contribution in [2.45, 2.75) is 25.5 Å².